The average molecular weight is 490 g/mol. The zero-order valence-corrected chi connectivity index (χ0v) is 20.3. The third kappa shape index (κ3) is 4.65. The summed E-state index contributed by atoms with van der Waals surface area (Å²) in [6.45, 7) is 2.85. The molecule has 2 heterocycles. The Balaban J connectivity index is 1.45. The molecule has 0 saturated carbocycles. The lowest BCUT2D eigenvalue weighted by atomic mass is 9.92. The maximum atomic E-state index is 13.6. The summed E-state index contributed by atoms with van der Waals surface area (Å²) in [5, 5.41) is 13.1. The van der Waals surface area contributed by atoms with Gasteiger partial charge in [-0.15, -0.1) is 0 Å². The third-order valence-electron chi connectivity index (χ3n) is 6.76. The van der Waals surface area contributed by atoms with Crippen molar-refractivity contribution in [1.29, 1.82) is 0 Å². The van der Waals surface area contributed by atoms with Crippen LogP contribution in [0.1, 0.15) is 22.0 Å². The first-order chi connectivity index (χ1) is 17.1. The first-order valence-corrected chi connectivity index (χ1v) is 12.1. The van der Waals surface area contributed by atoms with E-state index in [-0.39, 0.29) is 5.78 Å². The molecule has 4 aromatic rings. The lowest BCUT2D eigenvalue weighted by Gasteiger charge is -2.42. The molecule has 1 aliphatic rings. The van der Waals surface area contributed by atoms with Gasteiger partial charge in [0.25, 0.3) is 0 Å². The van der Waals surface area contributed by atoms with E-state index in [0.717, 1.165) is 35.2 Å². The number of carbonyl (C=O) groups excluding carboxylic acids is 1. The van der Waals surface area contributed by atoms with Gasteiger partial charge in [0, 0.05) is 65.1 Å². The molecule has 35 heavy (non-hydrogen) atoms. The number of piperazine rings is 1. The third-order valence-corrected chi connectivity index (χ3v) is 7.00. The Hall–Kier alpha value is -3.32. The normalized spacial score (nSPS) is 16.3. The summed E-state index contributed by atoms with van der Waals surface area (Å²) >= 11 is 6.20. The smallest absolute Gasteiger partial charge is 0.195 e. The molecule has 0 bridgehead atoms. The second-order valence-corrected chi connectivity index (χ2v) is 9.18. The van der Waals surface area contributed by atoms with Gasteiger partial charge in [-0.05, 0) is 30.3 Å². The van der Waals surface area contributed by atoms with Gasteiger partial charge in [0.05, 0.1) is 13.2 Å². The molecule has 3 aromatic carbocycles. The van der Waals surface area contributed by atoms with E-state index in [2.05, 4.69) is 20.9 Å². The maximum absolute atomic E-state index is 13.6. The van der Waals surface area contributed by atoms with Crippen LogP contribution in [0.4, 0.5) is 5.69 Å². The monoisotopic (exact) mass is 489 g/mol. The van der Waals surface area contributed by atoms with E-state index in [4.69, 9.17) is 16.3 Å². The first kappa shape index (κ1) is 23.4. The minimum atomic E-state index is -1.26. The highest BCUT2D eigenvalue weighted by atomic mass is 35.5. The summed E-state index contributed by atoms with van der Waals surface area (Å²) in [4.78, 5) is 21.2. The van der Waals surface area contributed by atoms with Gasteiger partial charge >= 0.3 is 0 Å². The Labute approximate surface area is 209 Å². The van der Waals surface area contributed by atoms with Crippen molar-refractivity contribution < 1.29 is 14.6 Å². The number of Topliss-reactive ketones (excluding diaryl/α,β-unsaturated/α-hetero) is 1. The van der Waals surface area contributed by atoms with Crippen molar-refractivity contribution >= 4 is 34.0 Å². The van der Waals surface area contributed by atoms with Crippen molar-refractivity contribution in [3.05, 3.63) is 95.1 Å². The number of benzene rings is 3. The molecule has 0 aliphatic carbocycles. The topological polar surface area (TPSA) is 68.8 Å². The van der Waals surface area contributed by atoms with Crippen molar-refractivity contribution in [2.45, 2.75) is 12.1 Å². The van der Waals surface area contributed by atoms with Gasteiger partial charge in [-0.1, -0.05) is 54.1 Å². The molecule has 1 saturated heterocycles. The van der Waals surface area contributed by atoms with Crippen LogP contribution in [0.2, 0.25) is 5.02 Å². The van der Waals surface area contributed by atoms with Gasteiger partial charge in [-0.3, -0.25) is 9.69 Å². The molecule has 180 valence electrons. The number of aliphatic hydroxyl groups excluding tert-OH is 1. The number of hydrogen-bond acceptors (Lipinski definition) is 5. The average Bonchev–Trinajstić information content (AvgIpc) is 3.33. The van der Waals surface area contributed by atoms with Gasteiger partial charge in [0.1, 0.15) is 11.9 Å². The zero-order valence-electron chi connectivity index (χ0n) is 19.5. The standard InChI is InChI=1S/C28H28ClN3O3/c1-35-25-12-5-3-10-22(25)26(28(34)27(33)23-18-30-24-11-4-2-9-21(23)24)32-15-13-31(14-16-32)20-8-6-7-19(29)17-20/h2-12,17-18,26,28,30,34H,13-16H2,1H3. The lowest BCUT2D eigenvalue weighted by molar-refractivity contribution is 0.0359. The van der Waals surface area contributed by atoms with Crippen molar-refractivity contribution in [3.63, 3.8) is 0 Å². The number of aliphatic hydroxyl groups is 1. The van der Waals surface area contributed by atoms with Crippen LogP contribution < -0.4 is 9.64 Å². The molecule has 1 fully saturated rings. The van der Waals surface area contributed by atoms with Gasteiger partial charge < -0.3 is 19.7 Å². The largest absolute Gasteiger partial charge is 0.496 e. The van der Waals surface area contributed by atoms with Gasteiger partial charge in [0.2, 0.25) is 0 Å². The number of aromatic amines is 1. The second-order valence-electron chi connectivity index (χ2n) is 8.75. The molecule has 2 unspecified atom stereocenters. The zero-order chi connectivity index (χ0) is 24.4. The minimum absolute atomic E-state index is 0.310. The Morgan fingerprint density at radius 1 is 1.00 bits per heavy atom. The number of rotatable bonds is 7. The molecule has 0 spiro atoms. The van der Waals surface area contributed by atoms with E-state index in [1.54, 1.807) is 13.3 Å². The van der Waals surface area contributed by atoms with Crippen molar-refractivity contribution in [2.24, 2.45) is 0 Å². The number of ketones is 1. The number of hydrogen-bond donors (Lipinski definition) is 2. The minimum Gasteiger partial charge on any atom is -0.496 e. The number of aromatic nitrogens is 1. The van der Waals surface area contributed by atoms with Crippen molar-refractivity contribution in [2.75, 3.05) is 38.2 Å². The number of H-pyrrole nitrogens is 1. The summed E-state index contributed by atoms with van der Waals surface area (Å²) in [5.41, 5.74) is 3.23. The SMILES string of the molecule is COc1ccccc1C(C(O)C(=O)c1c[nH]c2ccccc12)N1CCN(c2cccc(Cl)c2)CC1. The van der Waals surface area contributed by atoms with Crippen LogP contribution in [0.25, 0.3) is 10.9 Å². The molecule has 7 heteroatoms. The van der Waals surface area contributed by atoms with E-state index in [1.807, 2.05) is 66.7 Å². The number of fused-ring (bicyclic) bond motifs is 1. The van der Waals surface area contributed by atoms with Crippen molar-refractivity contribution in [3.8, 4) is 5.75 Å². The van der Waals surface area contributed by atoms with E-state index < -0.39 is 12.1 Å². The molecule has 5 rings (SSSR count). The molecule has 2 atom stereocenters. The predicted octanol–water partition coefficient (Wildman–Crippen LogP) is 4.94. The Morgan fingerprint density at radius 2 is 1.74 bits per heavy atom. The quantitative estimate of drug-likeness (QED) is 0.360. The maximum Gasteiger partial charge on any atom is 0.195 e. The molecule has 6 nitrogen and oxygen atoms in total. The number of anilines is 1. The van der Waals surface area contributed by atoms with Crippen LogP contribution >= 0.6 is 11.6 Å². The number of carbonyl (C=O) groups is 1. The van der Waals surface area contributed by atoms with Gasteiger partial charge in [-0.25, -0.2) is 0 Å². The van der Waals surface area contributed by atoms with Gasteiger partial charge in [0.15, 0.2) is 5.78 Å². The van der Waals surface area contributed by atoms with Crippen LogP contribution in [0.5, 0.6) is 5.75 Å². The number of halogens is 1. The van der Waals surface area contributed by atoms with Crippen LogP contribution in [-0.2, 0) is 0 Å². The molecular weight excluding hydrogens is 462 g/mol. The second kappa shape index (κ2) is 10.1. The van der Waals surface area contributed by atoms with E-state index >= 15 is 0 Å². The fourth-order valence-corrected chi connectivity index (χ4v) is 5.17. The van der Waals surface area contributed by atoms with E-state index in [9.17, 15) is 9.90 Å². The summed E-state index contributed by atoms with van der Waals surface area (Å²) in [5.74, 6) is 0.344. The highest BCUT2D eigenvalue weighted by Gasteiger charge is 2.37. The number of ether oxygens (including phenoxy) is 1. The van der Waals surface area contributed by atoms with Crippen LogP contribution in [0, 0.1) is 0 Å². The molecule has 2 N–H and O–H groups in total. The highest BCUT2D eigenvalue weighted by molar-refractivity contribution is 6.30. The number of methoxy groups -OCH3 is 1. The Morgan fingerprint density at radius 3 is 2.51 bits per heavy atom. The predicted molar refractivity (Wildman–Crippen MR) is 140 cm³/mol. The van der Waals surface area contributed by atoms with Crippen LogP contribution in [0.15, 0.2) is 79.0 Å². The van der Waals surface area contributed by atoms with Crippen LogP contribution in [-0.4, -0.2) is 60.2 Å². The summed E-state index contributed by atoms with van der Waals surface area (Å²) in [6.07, 6.45) is 0.426. The van der Waals surface area contributed by atoms with E-state index in [0.29, 0.717) is 29.4 Å². The lowest BCUT2D eigenvalue weighted by Crippen LogP contribution is -2.51. The summed E-state index contributed by atoms with van der Waals surface area (Å²) in [7, 11) is 1.61. The Bertz CT molecular complexity index is 1330. The van der Waals surface area contributed by atoms with Gasteiger partial charge in [-0.2, -0.15) is 0 Å². The first-order valence-electron chi connectivity index (χ1n) is 11.7. The fraction of sp³-hybridized carbons (Fsp3) is 0.250. The number of para-hydroxylation sites is 2. The number of nitrogens with one attached hydrogen (secondary N) is 1. The number of nitrogens with zero attached hydrogens (tertiary/aromatic N) is 2. The summed E-state index contributed by atoms with van der Waals surface area (Å²) in [6, 6.07) is 22.5. The Kier molecular flexibility index (Phi) is 6.77. The molecule has 1 aromatic heterocycles. The summed E-state index contributed by atoms with van der Waals surface area (Å²) < 4.78 is 5.63. The highest BCUT2D eigenvalue weighted by Crippen LogP contribution is 2.35. The fourth-order valence-electron chi connectivity index (χ4n) is 4.99. The van der Waals surface area contributed by atoms with Crippen LogP contribution in [0.3, 0.4) is 0 Å². The molecular formula is C28H28ClN3O3. The molecule has 0 radical (unpaired) electrons. The van der Waals surface area contributed by atoms with Crippen molar-refractivity contribution in [1.82, 2.24) is 9.88 Å². The molecule has 1 aliphatic heterocycles. The van der Waals surface area contributed by atoms with E-state index in [1.165, 1.54) is 0 Å². The molecule has 0 amide bonds.